The fraction of sp³-hybridized carbons (Fsp3) is 0.853. The molecule has 0 aromatic heterocycles. The first kappa shape index (κ1) is 34.9. The first-order chi connectivity index (χ1) is 20.4. The summed E-state index contributed by atoms with van der Waals surface area (Å²) in [6, 6.07) is 0. The van der Waals surface area contributed by atoms with Gasteiger partial charge in [0, 0.05) is 50.7 Å². The smallest absolute Gasteiger partial charge is 0.305 e. The van der Waals surface area contributed by atoms with Crippen LogP contribution in [-0.4, -0.2) is 62.6 Å². The van der Waals surface area contributed by atoms with Crippen molar-refractivity contribution in [3.63, 3.8) is 0 Å². The van der Waals surface area contributed by atoms with Crippen molar-refractivity contribution in [1.82, 2.24) is 0 Å². The third-order valence-corrected chi connectivity index (χ3v) is 8.88. The highest BCUT2D eigenvalue weighted by Crippen LogP contribution is 2.37. The summed E-state index contributed by atoms with van der Waals surface area (Å²) in [4.78, 5) is 37.7. The normalized spacial score (nSPS) is 28.2. The molecule has 7 atom stereocenters. The maximum Gasteiger partial charge on any atom is 0.305 e. The third-order valence-electron chi connectivity index (χ3n) is 8.88. The van der Waals surface area contributed by atoms with Gasteiger partial charge in [-0.1, -0.05) is 51.7 Å². The van der Waals surface area contributed by atoms with Crippen LogP contribution in [0.3, 0.4) is 0 Å². The fourth-order valence-corrected chi connectivity index (χ4v) is 6.36. The summed E-state index contributed by atoms with van der Waals surface area (Å²) >= 11 is 0. The summed E-state index contributed by atoms with van der Waals surface area (Å²) in [6.45, 7) is 5.91. The molecule has 2 aliphatic heterocycles. The molecule has 0 amide bonds. The first-order valence-corrected chi connectivity index (χ1v) is 16.7. The third kappa shape index (κ3) is 12.6. The molecule has 2 saturated heterocycles. The second kappa shape index (κ2) is 19.6. The molecule has 0 aromatic rings. The van der Waals surface area contributed by atoms with Gasteiger partial charge in [0.25, 0.3) is 0 Å². The minimum absolute atomic E-state index is 0.0548. The van der Waals surface area contributed by atoms with Crippen LogP contribution >= 0.6 is 0 Å². The molecule has 0 radical (unpaired) electrons. The average molecular weight is 593 g/mol. The van der Waals surface area contributed by atoms with E-state index in [0.717, 1.165) is 58.0 Å². The van der Waals surface area contributed by atoms with E-state index in [0.29, 0.717) is 44.6 Å². The molecule has 42 heavy (non-hydrogen) atoms. The minimum Gasteiger partial charge on any atom is -0.469 e. The zero-order valence-electron chi connectivity index (χ0n) is 26.4. The van der Waals surface area contributed by atoms with Crippen LogP contribution in [0.5, 0.6) is 0 Å². The lowest BCUT2D eigenvalue weighted by molar-refractivity contribution is -0.192. The summed E-state index contributed by atoms with van der Waals surface area (Å²) in [7, 11) is 1.37. The lowest BCUT2D eigenvalue weighted by Gasteiger charge is -2.30. The lowest BCUT2D eigenvalue weighted by Crippen LogP contribution is -2.31. The zero-order chi connectivity index (χ0) is 30.2. The Kier molecular flexibility index (Phi) is 16.3. The highest BCUT2D eigenvalue weighted by atomic mass is 16.7. The van der Waals surface area contributed by atoms with Gasteiger partial charge in [-0.3, -0.25) is 14.4 Å². The molecule has 0 N–H and O–H groups in total. The van der Waals surface area contributed by atoms with Crippen LogP contribution in [-0.2, 0) is 38.1 Å². The standard InChI is InChI=1S/C34H56O8/c1-4-5-6-13-25(2)22-27(41-33-16-9-11-20-39-33)18-19-28-29(23-26(35)14-7-8-15-32(37)38-3)30(36)24-31(28)42-34-17-10-12-21-40-34/h18-19,25,27-29,31,33-34H,4-17,20-24H2,1-3H3/t25-,27+,28+,29+,31+,33?,34?/m0/s1. The summed E-state index contributed by atoms with van der Waals surface area (Å²) in [5.74, 6) is -0.260. The van der Waals surface area contributed by atoms with Gasteiger partial charge >= 0.3 is 5.97 Å². The van der Waals surface area contributed by atoms with E-state index in [-0.39, 0.29) is 54.7 Å². The SMILES string of the molecule is CCCCC[C@H](C)C[C@@H](C=C[C@H]1[C@H](OC2CCCCO2)CC(=O)[C@@H]1CC(=O)CCCCC(=O)OC)OC1CCCCO1. The van der Waals surface area contributed by atoms with Crippen molar-refractivity contribution in [2.75, 3.05) is 20.3 Å². The maximum atomic E-state index is 13.3. The Morgan fingerprint density at radius 3 is 2.36 bits per heavy atom. The van der Waals surface area contributed by atoms with E-state index in [1.54, 1.807) is 0 Å². The molecule has 1 aliphatic carbocycles. The number of hydrogen-bond donors (Lipinski definition) is 0. The number of rotatable bonds is 19. The van der Waals surface area contributed by atoms with Crippen LogP contribution in [0, 0.1) is 17.8 Å². The van der Waals surface area contributed by atoms with E-state index in [2.05, 4.69) is 26.0 Å². The van der Waals surface area contributed by atoms with Gasteiger partial charge in [-0.15, -0.1) is 0 Å². The van der Waals surface area contributed by atoms with Crippen LogP contribution in [0.25, 0.3) is 0 Å². The molecule has 8 heteroatoms. The maximum absolute atomic E-state index is 13.3. The number of carbonyl (C=O) groups excluding carboxylic acids is 3. The summed E-state index contributed by atoms with van der Waals surface area (Å²) < 4.78 is 29.3. The molecule has 2 unspecified atom stereocenters. The lowest BCUT2D eigenvalue weighted by atomic mass is 9.87. The second-order valence-corrected chi connectivity index (χ2v) is 12.5. The summed E-state index contributed by atoms with van der Waals surface area (Å²) in [6.07, 6.45) is 17.3. The molecule has 240 valence electrons. The van der Waals surface area contributed by atoms with Gasteiger partial charge in [-0.2, -0.15) is 0 Å². The van der Waals surface area contributed by atoms with Crippen molar-refractivity contribution >= 4 is 17.5 Å². The Hall–Kier alpha value is -1.61. The number of methoxy groups -OCH3 is 1. The number of esters is 1. The van der Waals surface area contributed by atoms with Crippen molar-refractivity contribution in [2.24, 2.45) is 17.8 Å². The van der Waals surface area contributed by atoms with E-state index in [9.17, 15) is 14.4 Å². The van der Waals surface area contributed by atoms with Crippen LogP contribution < -0.4 is 0 Å². The van der Waals surface area contributed by atoms with E-state index < -0.39 is 5.92 Å². The molecule has 0 bridgehead atoms. The molecule has 3 aliphatic rings. The molecule has 8 nitrogen and oxygen atoms in total. The summed E-state index contributed by atoms with van der Waals surface area (Å²) in [5.41, 5.74) is 0. The van der Waals surface area contributed by atoms with Gasteiger partial charge in [0.15, 0.2) is 12.6 Å². The molecule has 2 heterocycles. The van der Waals surface area contributed by atoms with Gasteiger partial charge in [0.2, 0.25) is 0 Å². The van der Waals surface area contributed by atoms with E-state index in [1.165, 1.54) is 26.4 Å². The Morgan fingerprint density at radius 1 is 0.976 bits per heavy atom. The Bertz CT molecular complexity index is 829. The largest absolute Gasteiger partial charge is 0.469 e. The number of unbranched alkanes of at least 4 members (excludes halogenated alkanes) is 3. The van der Waals surface area contributed by atoms with Gasteiger partial charge < -0.3 is 23.7 Å². The van der Waals surface area contributed by atoms with Crippen LogP contribution in [0.2, 0.25) is 0 Å². The second-order valence-electron chi connectivity index (χ2n) is 12.5. The Morgan fingerprint density at radius 2 is 1.69 bits per heavy atom. The molecule has 3 rings (SSSR count). The highest BCUT2D eigenvalue weighted by molar-refractivity contribution is 5.90. The molecule has 0 spiro atoms. The van der Waals surface area contributed by atoms with Gasteiger partial charge in [0.1, 0.15) is 11.6 Å². The van der Waals surface area contributed by atoms with E-state index in [4.69, 9.17) is 23.7 Å². The number of hydrogen-bond acceptors (Lipinski definition) is 8. The number of carbonyl (C=O) groups is 3. The number of Topliss-reactive ketones (excluding diaryl/α,β-unsaturated/α-hetero) is 2. The zero-order valence-corrected chi connectivity index (χ0v) is 26.4. The molecular weight excluding hydrogens is 536 g/mol. The van der Waals surface area contributed by atoms with Gasteiger partial charge in [-0.05, 0) is 63.7 Å². The Labute approximate surface area is 253 Å². The van der Waals surface area contributed by atoms with Gasteiger partial charge in [-0.25, -0.2) is 0 Å². The van der Waals surface area contributed by atoms with Crippen molar-refractivity contribution in [3.8, 4) is 0 Å². The quantitative estimate of drug-likeness (QED) is 0.0911. The van der Waals surface area contributed by atoms with Crippen molar-refractivity contribution in [1.29, 1.82) is 0 Å². The summed E-state index contributed by atoms with van der Waals surface area (Å²) in [5, 5.41) is 0. The molecule has 3 fully saturated rings. The first-order valence-electron chi connectivity index (χ1n) is 16.7. The van der Waals surface area contributed by atoms with Crippen LogP contribution in [0.15, 0.2) is 12.2 Å². The highest BCUT2D eigenvalue weighted by Gasteiger charge is 2.43. The minimum atomic E-state index is -0.420. The Balaban J connectivity index is 1.70. The van der Waals surface area contributed by atoms with Crippen molar-refractivity contribution in [2.45, 2.75) is 148 Å². The van der Waals surface area contributed by atoms with Gasteiger partial charge in [0.05, 0.1) is 19.3 Å². The predicted octanol–water partition coefficient (Wildman–Crippen LogP) is 6.87. The fourth-order valence-electron chi connectivity index (χ4n) is 6.36. The van der Waals surface area contributed by atoms with E-state index in [1.807, 2.05) is 0 Å². The number of ether oxygens (including phenoxy) is 5. The molecular formula is C34H56O8. The topological polar surface area (TPSA) is 97.4 Å². The van der Waals surface area contributed by atoms with Crippen molar-refractivity contribution in [3.05, 3.63) is 12.2 Å². The monoisotopic (exact) mass is 592 g/mol. The molecule has 1 saturated carbocycles. The predicted molar refractivity (Wildman–Crippen MR) is 161 cm³/mol. The van der Waals surface area contributed by atoms with E-state index >= 15 is 0 Å². The van der Waals surface area contributed by atoms with Crippen LogP contribution in [0.4, 0.5) is 0 Å². The average Bonchev–Trinajstić information content (AvgIpc) is 3.27. The molecule has 0 aromatic carbocycles. The van der Waals surface area contributed by atoms with Crippen molar-refractivity contribution < 1.29 is 38.1 Å². The number of ketones is 2. The van der Waals surface area contributed by atoms with Crippen LogP contribution in [0.1, 0.15) is 123 Å².